The van der Waals surface area contributed by atoms with Crippen molar-refractivity contribution < 1.29 is 14.3 Å². The Hall–Kier alpha value is -1.55. The van der Waals surface area contributed by atoms with E-state index in [1.807, 2.05) is 35.2 Å². The number of amides is 1. The predicted octanol–water partition coefficient (Wildman–Crippen LogP) is 2.24. The molecule has 2 atom stereocenters. The summed E-state index contributed by atoms with van der Waals surface area (Å²) in [7, 11) is 0. The van der Waals surface area contributed by atoms with Crippen LogP contribution in [0.1, 0.15) is 25.7 Å². The van der Waals surface area contributed by atoms with Gasteiger partial charge in [0.05, 0.1) is 6.54 Å². The molecule has 2 aliphatic heterocycles. The summed E-state index contributed by atoms with van der Waals surface area (Å²) in [5.74, 6) is 1.02. The zero-order chi connectivity index (χ0) is 13.8. The Morgan fingerprint density at radius 1 is 1.20 bits per heavy atom. The van der Waals surface area contributed by atoms with Crippen LogP contribution >= 0.6 is 0 Å². The van der Waals surface area contributed by atoms with Gasteiger partial charge in [0.25, 0.3) is 5.91 Å². The molecule has 1 aromatic carbocycles. The maximum Gasteiger partial charge on any atom is 0.251 e. The first-order valence-electron chi connectivity index (χ1n) is 7.45. The van der Waals surface area contributed by atoms with E-state index in [1.165, 1.54) is 0 Å². The third kappa shape index (κ3) is 3.12. The number of para-hydroxylation sites is 1. The number of ether oxygens (including phenoxy) is 2. The van der Waals surface area contributed by atoms with Gasteiger partial charge < -0.3 is 14.4 Å². The van der Waals surface area contributed by atoms with Gasteiger partial charge in [0, 0.05) is 13.2 Å². The first-order valence-corrected chi connectivity index (χ1v) is 7.45. The topological polar surface area (TPSA) is 38.8 Å². The van der Waals surface area contributed by atoms with E-state index >= 15 is 0 Å². The van der Waals surface area contributed by atoms with Crippen LogP contribution in [0, 0.1) is 0 Å². The number of piperidine rings is 1. The Morgan fingerprint density at radius 2 is 2.05 bits per heavy atom. The van der Waals surface area contributed by atoms with E-state index in [4.69, 9.17) is 9.47 Å². The second-order valence-electron chi connectivity index (χ2n) is 5.48. The smallest absolute Gasteiger partial charge is 0.251 e. The second kappa shape index (κ2) is 6.27. The van der Waals surface area contributed by atoms with Gasteiger partial charge in [-0.1, -0.05) is 18.2 Å². The van der Waals surface area contributed by atoms with Gasteiger partial charge in [-0.05, 0) is 37.8 Å². The highest BCUT2D eigenvalue weighted by atomic mass is 16.5. The Bertz CT molecular complexity index is 442. The molecule has 20 heavy (non-hydrogen) atoms. The summed E-state index contributed by atoms with van der Waals surface area (Å²) >= 11 is 0. The molecule has 0 radical (unpaired) electrons. The molecule has 2 saturated heterocycles. The third-order valence-corrected chi connectivity index (χ3v) is 3.94. The lowest BCUT2D eigenvalue weighted by atomic mass is 10.1. The fraction of sp³-hybridized carbons (Fsp3) is 0.562. The van der Waals surface area contributed by atoms with E-state index in [-0.39, 0.29) is 18.1 Å². The fourth-order valence-electron chi connectivity index (χ4n) is 2.90. The Balaban J connectivity index is 1.57. The van der Waals surface area contributed by atoms with Gasteiger partial charge >= 0.3 is 0 Å². The molecule has 2 heterocycles. The Labute approximate surface area is 119 Å². The van der Waals surface area contributed by atoms with Gasteiger partial charge in [-0.2, -0.15) is 0 Å². The lowest BCUT2D eigenvalue weighted by Gasteiger charge is -2.34. The molecule has 0 saturated carbocycles. The van der Waals surface area contributed by atoms with E-state index in [1.54, 1.807) is 0 Å². The summed E-state index contributed by atoms with van der Waals surface area (Å²) in [6.07, 6.45) is 3.73. The predicted molar refractivity (Wildman–Crippen MR) is 75.6 cm³/mol. The summed E-state index contributed by atoms with van der Waals surface area (Å²) in [5, 5.41) is 0. The average Bonchev–Trinajstić information content (AvgIpc) is 3.02. The van der Waals surface area contributed by atoms with Crippen molar-refractivity contribution in [3.8, 4) is 5.75 Å². The number of hydrogen-bond acceptors (Lipinski definition) is 3. The number of hydrogen-bond donors (Lipinski definition) is 0. The maximum atomic E-state index is 12.3. The molecule has 108 valence electrons. The van der Waals surface area contributed by atoms with E-state index in [0.29, 0.717) is 13.2 Å². The van der Waals surface area contributed by atoms with Crippen LogP contribution in [0.25, 0.3) is 0 Å². The van der Waals surface area contributed by atoms with Gasteiger partial charge in [-0.25, -0.2) is 0 Å². The highest BCUT2D eigenvalue weighted by Crippen LogP contribution is 2.21. The van der Waals surface area contributed by atoms with Crippen LogP contribution in [-0.2, 0) is 9.53 Å². The van der Waals surface area contributed by atoms with Crippen molar-refractivity contribution >= 4 is 5.91 Å². The SMILES string of the molecule is O=C(C1CCCO1)N1CCCC(Oc2ccccc2)C1. The molecule has 1 aromatic rings. The third-order valence-electron chi connectivity index (χ3n) is 3.94. The summed E-state index contributed by atoms with van der Waals surface area (Å²) in [5.41, 5.74) is 0. The number of likely N-dealkylation sites (tertiary alicyclic amines) is 1. The molecule has 2 fully saturated rings. The molecule has 0 bridgehead atoms. The number of carbonyl (C=O) groups excluding carboxylic acids is 1. The van der Waals surface area contributed by atoms with Crippen LogP contribution < -0.4 is 4.74 Å². The summed E-state index contributed by atoms with van der Waals surface area (Å²) < 4.78 is 11.5. The highest BCUT2D eigenvalue weighted by molar-refractivity contribution is 5.81. The summed E-state index contributed by atoms with van der Waals surface area (Å²) in [6.45, 7) is 2.22. The standard InChI is InChI=1S/C16H21NO3/c18-16(15-9-5-11-19-15)17-10-4-8-14(12-17)20-13-6-2-1-3-7-13/h1-3,6-7,14-15H,4-5,8-12H2. The molecule has 4 heteroatoms. The van der Waals surface area contributed by atoms with Crippen molar-refractivity contribution in [2.24, 2.45) is 0 Å². The van der Waals surface area contributed by atoms with Crippen LogP contribution in [0.3, 0.4) is 0 Å². The first kappa shape index (κ1) is 13.4. The highest BCUT2D eigenvalue weighted by Gasteiger charge is 2.31. The van der Waals surface area contributed by atoms with Crippen LogP contribution in [0.4, 0.5) is 0 Å². The molecule has 0 aromatic heterocycles. The summed E-state index contributed by atoms with van der Waals surface area (Å²) in [6, 6.07) is 9.82. The molecule has 2 aliphatic rings. The van der Waals surface area contributed by atoms with Gasteiger partial charge in [0.15, 0.2) is 0 Å². The maximum absolute atomic E-state index is 12.3. The Morgan fingerprint density at radius 3 is 2.80 bits per heavy atom. The van der Waals surface area contributed by atoms with Crippen LogP contribution in [-0.4, -0.2) is 42.7 Å². The van der Waals surface area contributed by atoms with Gasteiger partial charge in [0.1, 0.15) is 18.0 Å². The molecule has 0 N–H and O–H groups in total. The largest absolute Gasteiger partial charge is 0.489 e. The van der Waals surface area contributed by atoms with Crippen molar-refractivity contribution in [2.75, 3.05) is 19.7 Å². The minimum atomic E-state index is -0.217. The van der Waals surface area contributed by atoms with Gasteiger partial charge in [-0.15, -0.1) is 0 Å². The quantitative estimate of drug-likeness (QED) is 0.849. The van der Waals surface area contributed by atoms with E-state index in [0.717, 1.165) is 38.0 Å². The zero-order valence-corrected chi connectivity index (χ0v) is 11.7. The van der Waals surface area contributed by atoms with Crippen molar-refractivity contribution in [3.63, 3.8) is 0 Å². The number of benzene rings is 1. The van der Waals surface area contributed by atoms with Crippen molar-refractivity contribution in [1.29, 1.82) is 0 Å². The normalized spacial score (nSPS) is 26.5. The lowest BCUT2D eigenvalue weighted by molar-refractivity contribution is -0.143. The molecule has 2 unspecified atom stereocenters. The van der Waals surface area contributed by atoms with Crippen LogP contribution in [0.2, 0.25) is 0 Å². The lowest BCUT2D eigenvalue weighted by Crippen LogP contribution is -2.48. The molecule has 3 rings (SSSR count). The average molecular weight is 275 g/mol. The molecule has 4 nitrogen and oxygen atoms in total. The second-order valence-corrected chi connectivity index (χ2v) is 5.48. The number of rotatable bonds is 3. The summed E-state index contributed by atoms with van der Waals surface area (Å²) in [4.78, 5) is 14.3. The van der Waals surface area contributed by atoms with Crippen molar-refractivity contribution in [3.05, 3.63) is 30.3 Å². The van der Waals surface area contributed by atoms with Crippen molar-refractivity contribution in [2.45, 2.75) is 37.9 Å². The monoisotopic (exact) mass is 275 g/mol. The van der Waals surface area contributed by atoms with Gasteiger partial charge in [0.2, 0.25) is 0 Å². The molecule has 0 spiro atoms. The minimum absolute atomic E-state index is 0.0940. The first-order chi connectivity index (χ1) is 9.83. The minimum Gasteiger partial charge on any atom is -0.489 e. The van der Waals surface area contributed by atoms with Crippen LogP contribution in [0.5, 0.6) is 5.75 Å². The number of carbonyl (C=O) groups is 1. The molecule has 1 amide bonds. The van der Waals surface area contributed by atoms with Crippen LogP contribution in [0.15, 0.2) is 30.3 Å². The van der Waals surface area contributed by atoms with Gasteiger partial charge in [-0.3, -0.25) is 4.79 Å². The zero-order valence-electron chi connectivity index (χ0n) is 11.7. The number of nitrogens with zero attached hydrogens (tertiary/aromatic N) is 1. The van der Waals surface area contributed by atoms with E-state index in [2.05, 4.69) is 0 Å². The van der Waals surface area contributed by atoms with E-state index in [9.17, 15) is 4.79 Å². The fourth-order valence-corrected chi connectivity index (χ4v) is 2.90. The van der Waals surface area contributed by atoms with E-state index < -0.39 is 0 Å². The molecular formula is C16H21NO3. The molecular weight excluding hydrogens is 254 g/mol. The molecule has 0 aliphatic carbocycles. The Kier molecular flexibility index (Phi) is 4.21. The van der Waals surface area contributed by atoms with Crippen molar-refractivity contribution in [1.82, 2.24) is 4.90 Å².